The molecule has 5 aliphatic rings. The van der Waals surface area contributed by atoms with Crippen molar-refractivity contribution in [2.75, 3.05) is 6.54 Å². The number of carbonyl (C=O) groups is 1. The Morgan fingerprint density at radius 2 is 2.00 bits per heavy atom. The number of fused-ring (bicyclic) bond motifs is 2. The van der Waals surface area contributed by atoms with Gasteiger partial charge in [-0.25, -0.2) is 0 Å². The summed E-state index contributed by atoms with van der Waals surface area (Å²) in [6.45, 7) is 8.41. The summed E-state index contributed by atoms with van der Waals surface area (Å²) in [5, 5.41) is 0. The fraction of sp³-hybridized carbons (Fsp3) is 0.952. The average molecular weight is 332 g/mol. The predicted molar refractivity (Wildman–Crippen MR) is 93.5 cm³/mol. The maximum Gasteiger partial charge on any atom is 0.137 e. The van der Waals surface area contributed by atoms with Gasteiger partial charge in [0.1, 0.15) is 12.0 Å². The van der Waals surface area contributed by atoms with Crippen molar-refractivity contribution in [1.82, 2.24) is 4.90 Å². The molecule has 5 fully saturated rings. The lowest BCUT2D eigenvalue weighted by atomic mass is 9.63. The Morgan fingerprint density at radius 1 is 1.17 bits per heavy atom. The third-order valence-corrected chi connectivity index (χ3v) is 8.76. The molecule has 3 nitrogen and oxygen atoms in total. The molecule has 1 spiro atoms. The lowest BCUT2D eigenvalue weighted by molar-refractivity contribution is -0.254. The first-order valence-electron chi connectivity index (χ1n) is 10.4. The van der Waals surface area contributed by atoms with Gasteiger partial charge in [0.2, 0.25) is 0 Å². The van der Waals surface area contributed by atoms with Crippen LogP contribution >= 0.6 is 0 Å². The Bertz CT molecular complexity index is 558. The number of carbonyl (C=O) groups excluding carboxylic acids is 1. The van der Waals surface area contributed by atoms with Crippen molar-refractivity contribution in [3.63, 3.8) is 0 Å². The molecule has 3 aliphatic carbocycles. The lowest BCUT2D eigenvalue weighted by Crippen LogP contribution is -2.65. The molecule has 3 heteroatoms. The van der Waals surface area contributed by atoms with Crippen molar-refractivity contribution in [1.29, 1.82) is 0 Å². The normalized spacial score (nSPS) is 53.2. The van der Waals surface area contributed by atoms with Gasteiger partial charge in [-0.15, -0.1) is 0 Å². The van der Waals surface area contributed by atoms with Gasteiger partial charge in [0.05, 0.1) is 6.10 Å². The molecule has 2 saturated heterocycles. The van der Waals surface area contributed by atoms with Crippen molar-refractivity contribution in [2.45, 2.75) is 90.0 Å². The molecule has 0 radical (unpaired) electrons. The summed E-state index contributed by atoms with van der Waals surface area (Å²) in [6.07, 6.45) is 10.2. The van der Waals surface area contributed by atoms with Crippen LogP contribution in [0.3, 0.4) is 0 Å². The molecule has 0 bridgehead atoms. The number of ketones is 1. The Balaban J connectivity index is 1.55. The largest absolute Gasteiger partial charge is 0.359 e. The van der Waals surface area contributed by atoms with Gasteiger partial charge < -0.3 is 4.74 Å². The van der Waals surface area contributed by atoms with E-state index in [1.54, 1.807) is 0 Å². The molecule has 24 heavy (non-hydrogen) atoms. The highest BCUT2D eigenvalue weighted by Gasteiger charge is 2.69. The molecule has 3 saturated carbocycles. The summed E-state index contributed by atoms with van der Waals surface area (Å²) in [5.41, 5.74) is 0.371. The van der Waals surface area contributed by atoms with Gasteiger partial charge in [-0.2, -0.15) is 0 Å². The van der Waals surface area contributed by atoms with Crippen molar-refractivity contribution < 1.29 is 9.53 Å². The molecule has 2 aliphatic heterocycles. The van der Waals surface area contributed by atoms with Crippen LogP contribution in [-0.2, 0) is 9.53 Å². The number of rotatable bonds is 0. The first-order chi connectivity index (χ1) is 11.4. The zero-order valence-corrected chi connectivity index (χ0v) is 15.6. The van der Waals surface area contributed by atoms with Crippen LogP contribution in [0.5, 0.6) is 0 Å². The average Bonchev–Trinajstić information content (AvgIpc) is 2.98. The van der Waals surface area contributed by atoms with Gasteiger partial charge >= 0.3 is 0 Å². The lowest BCUT2D eigenvalue weighted by Gasteiger charge is -2.58. The summed E-state index contributed by atoms with van der Waals surface area (Å²) >= 11 is 0. The fourth-order valence-electron chi connectivity index (χ4n) is 7.51. The van der Waals surface area contributed by atoms with Gasteiger partial charge in [-0.05, 0) is 51.4 Å². The van der Waals surface area contributed by atoms with E-state index >= 15 is 0 Å². The van der Waals surface area contributed by atoms with E-state index in [4.69, 9.17) is 4.74 Å². The summed E-state index contributed by atoms with van der Waals surface area (Å²) in [6, 6.07) is 0. The summed E-state index contributed by atoms with van der Waals surface area (Å²) in [7, 11) is 0. The smallest absolute Gasteiger partial charge is 0.137 e. The molecule has 0 aromatic heterocycles. The molecule has 5 rings (SSSR count). The molecular formula is C21H33NO2. The molecule has 0 N–H and O–H groups in total. The monoisotopic (exact) mass is 331 g/mol. The summed E-state index contributed by atoms with van der Waals surface area (Å²) in [4.78, 5) is 15.4. The van der Waals surface area contributed by atoms with Crippen LogP contribution in [-0.4, -0.2) is 35.1 Å². The van der Waals surface area contributed by atoms with Crippen molar-refractivity contribution in [3.8, 4) is 0 Å². The first-order valence-corrected chi connectivity index (χ1v) is 10.4. The Hall–Kier alpha value is -0.410. The first kappa shape index (κ1) is 15.8. The van der Waals surface area contributed by atoms with E-state index in [9.17, 15) is 4.79 Å². The second-order valence-electron chi connectivity index (χ2n) is 10.1. The molecule has 2 heterocycles. The molecule has 134 valence electrons. The molecule has 0 unspecified atom stereocenters. The third-order valence-electron chi connectivity index (χ3n) is 8.76. The topological polar surface area (TPSA) is 29.5 Å². The highest BCUT2D eigenvalue weighted by molar-refractivity contribution is 5.85. The van der Waals surface area contributed by atoms with Crippen LogP contribution in [0.2, 0.25) is 0 Å². The quantitative estimate of drug-likeness (QED) is 0.672. The number of nitrogens with zero attached hydrogens (tertiary/aromatic N) is 1. The molecular weight excluding hydrogens is 298 g/mol. The van der Waals surface area contributed by atoms with E-state index < -0.39 is 0 Å². The standard InChI is InChI=1S/C21H33NO2/c1-13-7-8-16-18(10-13)24-19-21-9-5-4-6-15(21)17(23)11-14(21)12-22(19)20(16,2)3/h13-16,18-19H,4-12H2,1-3H3/t13-,14+,15-,16-,18-,19+,21-/m1/s1. The second kappa shape index (κ2) is 5.07. The molecule has 0 aromatic carbocycles. The van der Waals surface area contributed by atoms with Gasteiger partial charge in [0.25, 0.3) is 0 Å². The van der Waals surface area contributed by atoms with Crippen molar-refractivity contribution >= 4 is 5.78 Å². The van der Waals surface area contributed by atoms with E-state index in [-0.39, 0.29) is 17.2 Å². The molecule has 7 atom stereocenters. The fourth-order valence-corrected chi connectivity index (χ4v) is 7.51. The van der Waals surface area contributed by atoms with E-state index in [2.05, 4.69) is 25.7 Å². The minimum Gasteiger partial charge on any atom is -0.359 e. The number of Topliss-reactive ketones (excluding diaryl/α,β-unsaturated/α-hetero) is 1. The second-order valence-corrected chi connectivity index (χ2v) is 10.1. The Kier molecular flexibility index (Phi) is 3.34. The maximum absolute atomic E-state index is 12.7. The van der Waals surface area contributed by atoms with E-state index in [1.807, 2.05) is 0 Å². The van der Waals surface area contributed by atoms with Gasteiger partial charge in [-0.3, -0.25) is 9.69 Å². The van der Waals surface area contributed by atoms with E-state index in [0.717, 1.165) is 25.3 Å². The number of hydrogen-bond acceptors (Lipinski definition) is 3. The van der Waals surface area contributed by atoms with Gasteiger partial charge in [0, 0.05) is 35.8 Å². The molecule has 0 aromatic rings. The summed E-state index contributed by atoms with van der Waals surface area (Å²) in [5.74, 6) is 2.85. The van der Waals surface area contributed by atoms with Crippen LogP contribution < -0.4 is 0 Å². The zero-order valence-electron chi connectivity index (χ0n) is 15.6. The van der Waals surface area contributed by atoms with Crippen LogP contribution in [0, 0.1) is 29.1 Å². The zero-order chi connectivity index (χ0) is 16.7. The maximum atomic E-state index is 12.7. The van der Waals surface area contributed by atoms with Crippen LogP contribution in [0.1, 0.15) is 72.1 Å². The number of ether oxygens (including phenoxy) is 1. The van der Waals surface area contributed by atoms with Gasteiger partial charge in [0.15, 0.2) is 0 Å². The van der Waals surface area contributed by atoms with E-state index in [0.29, 0.717) is 29.6 Å². The minimum absolute atomic E-state index is 0.151. The van der Waals surface area contributed by atoms with E-state index in [1.165, 1.54) is 38.5 Å². The van der Waals surface area contributed by atoms with Crippen LogP contribution in [0.15, 0.2) is 0 Å². The third kappa shape index (κ3) is 1.84. The van der Waals surface area contributed by atoms with Crippen molar-refractivity contribution in [3.05, 3.63) is 0 Å². The van der Waals surface area contributed by atoms with Gasteiger partial charge in [-0.1, -0.05) is 26.2 Å². The van der Waals surface area contributed by atoms with Crippen molar-refractivity contribution in [2.24, 2.45) is 29.1 Å². The number of hydrogen-bond donors (Lipinski definition) is 0. The summed E-state index contributed by atoms with van der Waals surface area (Å²) < 4.78 is 6.92. The van der Waals surface area contributed by atoms with Crippen LogP contribution in [0.4, 0.5) is 0 Å². The Morgan fingerprint density at radius 3 is 2.83 bits per heavy atom. The highest BCUT2D eigenvalue weighted by atomic mass is 16.5. The van der Waals surface area contributed by atoms with Crippen LogP contribution in [0.25, 0.3) is 0 Å². The SMILES string of the molecule is C[C@@H]1CC[C@@H]2[C@@H](C1)O[C@@H]1N(C[C@@H]3CC(=O)[C@H]4CCCC[C@@]341)C2(C)C. The Labute approximate surface area is 146 Å². The molecule has 0 amide bonds. The highest BCUT2D eigenvalue weighted by Crippen LogP contribution is 2.64. The minimum atomic E-state index is 0.151. The predicted octanol–water partition coefficient (Wildman–Crippen LogP) is 4.01.